The first kappa shape index (κ1) is 32.4. The molecule has 0 aliphatic carbocycles. The lowest BCUT2D eigenvalue weighted by atomic mass is 10.1. The van der Waals surface area contributed by atoms with Crippen LogP contribution in [0.2, 0.25) is 0 Å². The summed E-state index contributed by atoms with van der Waals surface area (Å²) in [6.45, 7) is -0.0510. The van der Waals surface area contributed by atoms with E-state index in [2.05, 4.69) is 0 Å². The van der Waals surface area contributed by atoms with Gasteiger partial charge >= 0.3 is 23.3 Å². The van der Waals surface area contributed by atoms with Crippen LogP contribution in [0.4, 0.5) is 11.4 Å². The van der Waals surface area contributed by atoms with Crippen molar-refractivity contribution in [2.45, 2.75) is 13.2 Å². The first-order chi connectivity index (χ1) is 23.1. The summed E-state index contributed by atoms with van der Waals surface area (Å²) < 4.78 is 22.9. The van der Waals surface area contributed by atoms with Crippen molar-refractivity contribution in [1.29, 1.82) is 0 Å². The molecule has 0 aliphatic heterocycles. The average molecular weight is 653 g/mol. The number of carboxylic acid groups (broad SMARTS) is 2. The summed E-state index contributed by atoms with van der Waals surface area (Å²) in [7, 11) is 0. The maximum Gasteiger partial charge on any atom is 0.343 e. The first-order valence-electron chi connectivity index (χ1n) is 14.0. The van der Waals surface area contributed by atoms with Crippen LogP contribution in [-0.4, -0.2) is 32.0 Å². The Hall–Kier alpha value is -6.96. The van der Waals surface area contributed by atoms with Gasteiger partial charge in [-0.1, -0.05) is 60.7 Å². The maximum atomic E-state index is 12.6. The summed E-state index contributed by atoms with van der Waals surface area (Å²) in [5.74, 6) is -4.78. The molecule has 5 rings (SSSR count). The Labute approximate surface area is 271 Å². The van der Waals surface area contributed by atoms with E-state index in [0.29, 0.717) is 5.56 Å². The molecule has 0 atom stereocenters. The molecule has 5 aromatic rings. The number of rotatable bonds is 14. The Kier molecular flexibility index (Phi) is 9.75. The minimum absolute atomic E-state index is 0.0108. The Morgan fingerprint density at radius 1 is 0.583 bits per heavy atom. The van der Waals surface area contributed by atoms with Crippen LogP contribution in [0.1, 0.15) is 31.8 Å². The molecule has 0 fully saturated rings. The molecular weight excluding hydrogens is 628 g/mol. The molecule has 0 radical (unpaired) electrons. The van der Waals surface area contributed by atoms with Gasteiger partial charge in [0.05, 0.1) is 9.85 Å². The molecule has 0 aliphatic rings. The summed E-state index contributed by atoms with van der Waals surface area (Å²) >= 11 is 0. The Morgan fingerprint density at radius 2 is 1.06 bits per heavy atom. The van der Waals surface area contributed by atoms with Crippen molar-refractivity contribution < 1.29 is 48.6 Å². The van der Waals surface area contributed by atoms with E-state index in [1.165, 1.54) is 12.1 Å². The van der Waals surface area contributed by atoms with Crippen LogP contribution in [-0.2, 0) is 13.2 Å². The molecule has 0 heterocycles. The number of benzene rings is 5. The van der Waals surface area contributed by atoms with E-state index in [1.807, 2.05) is 0 Å². The summed E-state index contributed by atoms with van der Waals surface area (Å²) in [4.78, 5) is 46.7. The minimum Gasteiger partial charge on any atom is -0.482 e. The summed E-state index contributed by atoms with van der Waals surface area (Å²) in [6, 6.07) is 26.7. The predicted octanol–water partition coefficient (Wildman–Crippen LogP) is 7.64. The highest BCUT2D eigenvalue weighted by Crippen LogP contribution is 2.41. The van der Waals surface area contributed by atoms with Crippen molar-refractivity contribution in [2.24, 2.45) is 0 Å². The van der Waals surface area contributed by atoms with Crippen LogP contribution < -0.4 is 18.9 Å². The number of nitro benzene ring substituents is 2. The fourth-order valence-electron chi connectivity index (χ4n) is 4.49. The molecule has 48 heavy (non-hydrogen) atoms. The molecule has 0 aromatic heterocycles. The number of hydrogen-bond acceptors (Lipinski definition) is 10. The SMILES string of the molecule is O=C(O)c1ccc(Oc2ccc([N+](=O)[O-])c(OCc3ccccc3)c2)c(C(=O)O)c1Oc1ccc([N+](=O)[O-])c(OCc2ccccc2)c1. The van der Waals surface area contributed by atoms with Gasteiger partial charge in [-0.3, -0.25) is 20.2 Å². The molecule has 242 valence electrons. The monoisotopic (exact) mass is 652 g/mol. The van der Waals surface area contributed by atoms with Gasteiger partial charge in [-0.05, 0) is 35.4 Å². The highest BCUT2D eigenvalue weighted by Gasteiger charge is 2.28. The van der Waals surface area contributed by atoms with Crippen LogP contribution in [0.15, 0.2) is 109 Å². The summed E-state index contributed by atoms with van der Waals surface area (Å²) in [5.41, 5.74) is -0.590. The van der Waals surface area contributed by atoms with Gasteiger partial charge in [-0.25, -0.2) is 9.59 Å². The second-order valence-corrected chi connectivity index (χ2v) is 9.95. The van der Waals surface area contributed by atoms with Crippen LogP contribution in [0, 0.1) is 20.2 Å². The van der Waals surface area contributed by atoms with Gasteiger partial charge in [0.15, 0.2) is 5.75 Å². The molecule has 2 N–H and O–H groups in total. The molecule has 0 saturated carbocycles. The topological polar surface area (TPSA) is 198 Å². The quantitative estimate of drug-likeness (QED) is 0.0879. The highest BCUT2D eigenvalue weighted by atomic mass is 16.6. The molecule has 0 unspecified atom stereocenters. The Morgan fingerprint density at radius 3 is 1.50 bits per heavy atom. The zero-order valence-electron chi connectivity index (χ0n) is 24.7. The molecule has 0 saturated heterocycles. The van der Waals surface area contributed by atoms with Gasteiger partial charge in [-0.15, -0.1) is 0 Å². The van der Waals surface area contributed by atoms with Crippen molar-refractivity contribution >= 4 is 23.3 Å². The van der Waals surface area contributed by atoms with E-state index in [-0.39, 0.29) is 47.6 Å². The summed E-state index contributed by atoms with van der Waals surface area (Å²) in [5, 5.41) is 43.4. The van der Waals surface area contributed by atoms with Crippen molar-refractivity contribution in [2.75, 3.05) is 0 Å². The lowest BCUT2D eigenvalue weighted by Gasteiger charge is -2.17. The summed E-state index contributed by atoms with van der Waals surface area (Å²) in [6.07, 6.45) is 0. The van der Waals surface area contributed by atoms with Crippen LogP contribution in [0.3, 0.4) is 0 Å². The molecule has 5 aromatic carbocycles. The number of nitro groups is 2. The van der Waals surface area contributed by atoms with Crippen molar-refractivity contribution in [3.63, 3.8) is 0 Å². The van der Waals surface area contributed by atoms with E-state index < -0.39 is 44.3 Å². The molecular formula is C34H24N2O12. The van der Waals surface area contributed by atoms with Crippen LogP contribution >= 0.6 is 0 Å². The number of ether oxygens (including phenoxy) is 4. The van der Waals surface area contributed by atoms with E-state index in [9.17, 15) is 40.0 Å². The largest absolute Gasteiger partial charge is 0.482 e. The van der Waals surface area contributed by atoms with Gasteiger partial charge in [0.1, 0.15) is 41.6 Å². The lowest BCUT2D eigenvalue weighted by Crippen LogP contribution is -2.09. The fourth-order valence-corrected chi connectivity index (χ4v) is 4.49. The fraction of sp³-hybridized carbons (Fsp3) is 0.0588. The minimum atomic E-state index is -1.63. The van der Waals surface area contributed by atoms with Crippen molar-refractivity contribution in [3.05, 3.63) is 152 Å². The standard InChI is InChI=1S/C34H24N2O12/c37-33(38)25-13-16-28(47-23-11-14-26(35(41)42)29(17-23)45-19-21-7-3-1-4-8-21)31(34(39)40)32(25)48-24-12-15-27(36(43)44)30(18-24)46-20-22-9-5-2-6-10-22/h1-18H,19-20H2,(H,37,38)(H,39,40). The maximum absolute atomic E-state index is 12.6. The molecule has 0 spiro atoms. The van der Waals surface area contributed by atoms with Gasteiger partial charge < -0.3 is 29.2 Å². The lowest BCUT2D eigenvalue weighted by molar-refractivity contribution is -0.386. The molecule has 0 bridgehead atoms. The molecule has 0 amide bonds. The van der Waals surface area contributed by atoms with Gasteiger partial charge in [0.25, 0.3) is 0 Å². The number of carboxylic acids is 2. The second-order valence-electron chi connectivity index (χ2n) is 9.95. The Balaban J connectivity index is 1.50. The van der Waals surface area contributed by atoms with Crippen LogP contribution in [0.25, 0.3) is 0 Å². The number of carbonyl (C=O) groups is 2. The zero-order valence-corrected chi connectivity index (χ0v) is 24.7. The van der Waals surface area contributed by atoms with Crippen molar-refractivity contribution in [3.8, 4) is 34.5 Å². The number of aromatic carboxylic acids is 2. The number of nitrogens with zero attached hydrogens (tertiary/aromatic N) is 2. The third-order valence-corrected chi connectivity index (χ3v) is 6.74. The molecule has 14 nitrogen and oxygen atoms in total. The average Bonchev–Trinajstić information content (AvgIpc) is 3.07. The highest BCUT2D eigenvalue weighted by molar-refractivity contribution is 6.01. The zero-order chi connectivity index (χ0) is 34.2. The van der Waals surface area contributed by atoms with Crippen molar-refractivity contribution in [1.82, 2.24) is 0 Å². The molecule has 14 heteroatoms. The second kappa shape index (κ2) is 14.4. The normalized spacial score (nSPS) is 10.5. The third kappa shape index (κ3) is 7.63. The van der Waals surface area contributed by atoms with Gasteiger partial charge in [0.2, 0.25) is 11.5 Å². The van der Waals surface area contributed by atoms with Crippen LogP contribution in [0.5, 0.6) is 34.5 Å². The first-order valence-corrected chi connectivity index (χ1v) is 14.0. The third-order valence-electron chi connectivity index (χ3n) is 6.74. The smallest absolute Gasteiger partial charge is 0.343 e. The van der Waals surface area contributed by atoms with E-state index in [4.69, 9.17) is 18.9 Å². The Bertz CT molecular complexity index is 2000. The predicted molar refractivity (Wildman–Crippen MR) is 168 cm³/mol. The van der Waals surface area contributed by atoms with Gasteiger partial charge in [0, 0.05) is 24.3 Å². The number of hydrogen-bond donors (Lipinski definition) is 2. The van der Waals surface area contributed by atoms with E-state index in [0.717, 1.165) is 42.0 Å². The van der Waals surface area contributed by atoms with E-state index >= 15 is 0 Å². The van der Waals surface area contributed by atoms with E-state index in [1.54, 1.807) is 60.7 Å². The van der Waals surface area contributed by atoms with Gasteiger partial charge in [-0.2, -0.15) is 0 Å².